The molecule has 0 bridgehead atoms. The van der Waals surface area contributed by atoms with E-state index in [1.807, 2.05) is 0 Å². The van der Waals surface area contributed by atoms with Crippen LogP contribution in [0.3, 0.4) is 0 Å². The summed E-state index contributed by atoms with van der Waals surface area (Å²) in [5.74, 6) is -0.882. The molecule has 1 aromatic carbocycles. The molecule has 0 heterocycles. The van der Waals surface area contributed by atoms with Crippen LogP contribution in [0.2, 0.25) is 0 Å². The van der Waals surface area contributed by atoms with Crippen LogP contribution in [0, 0.1) is 5.82 Å². The van der Waals surface area contributed by atoms with Crippen molar-refractivity contribution in [1.82, 2.24) is 0 Å². The fourth-order valence-corrected chi connectivity index (χ4v) is 1.92. The SMILES string of the molecule is CC(N)Cc1cccc(F)c1OCCSC(F)(F)F. The molecule has 1 aromatic rings. The molecular weight excluding hydrogens is 282 g/mol. The Bertz CT molecular complexity index is 409. The number of rotatable bonds is 6. The van der Waals surface area contributed by atoms with E-state index in [0.29, 0.717) is 12.0 Å². The lowest BCUT2D eigenvalue weighted by Crippen LogP contribution is -2.19. The third-order valence-corrected chi connectivity index (χ3v) is 2.88. The summed E-state index contributed by atoms with van der Waals surface area (Å²) in [6, 6.07) is 4.19. The monoisotopic (exact) mass is 297 g/mol. The van der Waals surface area contributed by atoms with Gasteiger partial charge >= 0.3 is 5.51 Å². The highest BCUT2D eigenvalue weighted by Crippen LogP contribution is 2.30. The molecule has 7 heteroatoms. The van der Waals surface area contributed by atoms with Crippen molar-refractivity contribution in [3.63, 3.8) is 0 Å². The second-order valence-corrected chi connectivity index (χ2v) is 5.21. The Kier molecular flexibility index (Phi) is 5.93. The Morgan fingerprint density at radius 1 is 1.37 bits per heavy atom. The Labute approximate surface area is 113 Å². The third-order valence-electron chi connectivity index (χ3n) is 2.19. The highest BCUT2D eigenvalue weighted by Gasteiger charge is 2.27. The van der Waals surface area contributed by atoms with Gasteiger partial charge in [-0.2, -0.15) is 13.2 Å². The van der Waals surface area contributed by atoms with Crippen LogP contribution in [-0.2, 0) is 6.42 Å². The van der Waals surface area contributed by atoms with Crippen molar-refractivity contribution < 1.29 is 22.3 Å². The van der Waals surface area contributed by atoms with Crippen LogP contribution in [0.5, 0.6) is 5.75 Å². The van der Waals surface area contributed by atoms with E-state index in [1.54, 1.807) is 13.0 Å². The first-order chi connectivity index (χ1) is 8.79. The van der Waals surface area contributed by atoms with Crippen molar-refractivity contribution in [2.75, 3.05) is 12.4 Å². The molecule has 1 unspecified atom stereocenters. The van der Waals surface area contributed by atoms with Gasteiger partial charge in [-0.15, -0.1) is 0 Å². The number of hydrogen-bond acceptors (Lipinski definition) is 3. The second kappa shape index (κ2) is 7.00. The minimum absolute atomic E-state index is 0.0115. The molecule has 1 atom stereocenters. The standard InChI is InChI=1S/C12H15F4NOS/c1-8(17)7-9-3-2-4-10(13)11(9)18-5-6-19-12(14,15)16/h2-4,8H,5-7,17H2,1H3. The van der Waals surface area contributed by atoms with E-state index < -0.39 is 11.3 Å². The van der Waals surface area contributed by atoms with Gasteiger partial charge in [-0.3, -0.25) is 0 Å². The smallest absolute Gasteiger partial charge is 0.441 e. The summed E-state index contributed by atoms with van der Waals surface area (Å²) < 4.78 is 54.5. The predicted octanol–water partition coefficient (Wildman–Crippen LogP) is 3.35. The van der Waals surface area contributed by atoms with Gasteiger partial charge in [-0.05, 0) is 36.7 Å². The van der Waals surface area contributed by atoms with Crippen molar-refractivity contribution in [3.05, 3.63) is 29.6 Å². The summed E-state index contributed by atoms with van der Waals surface area (Å²) in [5.41, 5.74) is 1.89. The lowest BCUT2D eigenvalue weighted by molar-refractivity contribution is -0.0329. The van der Waals surface area contributed by atoms with Crippen molar-refractivity contribution in [2.24, 2.45) is 5.73 Å². The number of ether oxygens (including phenoxy) is 1. The number of benzene rings is 1. The van der Waals surface area contributed by atoms with Crippen molar-refractivity contribution in [1.29, 1.82) is 0 Å². The first-order valence-corrected chi connectivity index (χ1v) is 6.64. The zero-order valence-corrected chi connectivity index (χ0v) is 11.2. The number of halogens is 4. The highest BCUT2D eigenvalue weighted by molar-refractivity contribution is 8.00. The van der Waals surface area contributed by atoms with E-state index in [1.165, 1.54) is 12.1 Å². The molecule has 0 saturated carbocycles. The molecule has 0 aliphatic carbocycles. The van der Waals surface area contributed by atoms with Crippen LogP contribution in [-0.4, -0.2) is 23.9 Å². The summed E-state index contributed by atoms with van der Waals surface area (Å²) in [6.07, 6.45) is 0.402. The molecule has 0 aliphatic rings. The maximum absolute atomic E-state index is 13.6. The fraction of sp³-hybridized carbons (Fsp3) is 0.500. The number of hydrogen-bond donors (Lipinski definition) is 1. The van der Waals surface area contributed by atoms with Gasteiger partial charge in [0, 0.05) is 11.8 Å². The summed E-state index contributed by atoms with van der Waals surface area (Å²) in [7, 11) is 0. The van der Waals surface area contributed by atoms with Crippen molar-refractivity contribution in [2.45, 2.75) is 24.9 Å². The van der Waals surface area contributed by atoms with E-state index >= 15 is 0 Å². The number of thioether (sulfide) groups is 1. The van der Waals surface area contributed by atoms with Crippen LogP contribution >= 0.6 is 11.8 Å². The number of para-hydroxylation sites is 1. The maximum Gasteiger partial charge on any atom is 0.441 e. The van der Waals surface area contributed by atoms with Crippen LogP contribution in [0.25, 0.3) is 0 Å². The van der Waals surface area contributed by atoms with Gasteiger partial charge in [0.25, 0.3) is 0 Å². The average molecular weight is 297 g/mol. The van der Waals surface area contributed by atoms with Crippen LogP contribution in [0.4, 0.5) is 17.6 Å². The molecule has 1 rings (SSSR count). The first kappa shape index (κ1) is 16.1. The molecule has 2 N–H and O–H groups in total. The summed E-state index contributed by atoms with van der Waals surface area (Å²) >= 11 is -0.194. The molecule has 0 fully saturated rings. The average Bonchev–Trinajstić information content (AvgIpc) is 2.25. The highest BCUT2D eigenvalue weighted by atomic mass is 32.2. The number of alkyl halides is 3. The normalized spacial score (nSPS) is 13.4. The van der Waals surface area contributed by atoms with Gasteiger partial charge in [-0.25, -0.2) is 4.39 Å². The molecule has 0 saturated heterocycles. The largest absolute Gasteiger partial charge is 0.489 e. The Morgan fingerprint density at radius 3 is 2.63 bits per heavy atom. The maximum atomic E-state index is 13.6. The first-order valence-electron chi connectivity index (χ1n) is 5.66. The van der Waals surface area contributed by atoms with Gasteiger partial charge in [0.05, 0.1) is 6.61 Å². The molecule has 0 aromatic heterocycles. The van der Waals surface area contributed by atoms with Gasteiger partial charge in [0.15, 0.2) is 11.6 Å². The van der Waals surface area contributed by atoms with E-state index in [4.69, 9.17) is 10.5 Å². The van der Waals surface area contributed by atoms with Crippen LogP contribution in [0.15, 0.2) is 18.2 Å². The van der Waals surface area contributed by atoms with Gasteiger partial charge < -0.3 is 10.5 Å². The van der Waals surface area contributed by atoms with E-state index in [2.05, 4.69) is 0 Å². The minimum Gasteiger partial charge on any atom is -0.489 e. The minimum atomic E-state index is -4.30. The molecule has 2 nitrogen and oxygen atoms in total. The molecule has 19 heavy (non-hydrogen) atoms. The molecule has 0 radical (unpaired) electrons. The molecule has 0 spiro atoms. The molecule has 108 valence electrons. The third kappa shape index (κ3) is 6.15. The molecule has 0 aliphatic heterocycles. The quantitative estimate of drug-likeness (QED) is 0.646. The molecular formula is C12H15F4NOS. The Hall–Kier alpha value is -0.950. The topological polar surface area (TPSA) is 35.2 Å². The van der Waals surface area contributed by atoms with Crippen molar-refractivity contribution in [3.8, 4) is 5.75 Å². The van der Waals surface area contributed by atoms with E-state index in [0.717, 1.165) is 0 Å². The number of nitrogens with two attached hydrogens (primary N) is 1. The van der Waals surface area contributed by atoms with Crippen LogP contribution in [0.1, 0.15) is 12.5 Å². The Balaban J connectivity index is 2.61. The van der Waals surface area contributed by atoms with Gasteiger partial charge in [0.1, 0.15) is 0 Å². The fourth-order valence-electron chi connectivity index (χ4n) is 1.52. The summed E-state index contributed by atoms with van der Waals surface area (Å²) in [6.45, 7) is 1.55. The zero-order chi connectivity index (χ0) is 14.5. The van der Waals surface area contributed by atoms with E-state index in [9.17, 15) is 17.6 Å². The van der Waals surface area contributed by atoms with Gasteiger partial charge in [0.2, 0.25) is 0 Å². The second-order valence-electron chi connectivity index (χ2n) is 4.05. The molecule has 0 amide bonds. The van der Waals surface area contributed by atoms with E-state index in [-0.39, 0.29) is 35.9 Å². The Morgan fingerprint density at radius 2 is 2.05 bits per heavy atom. The lowest BCUT2D eigenvalue weighted by atomic mass is 10.1. The van der Waals surface area contributed by atoms with Crippen LogP contribution < -0.4 is 10.5 Å². The van der Waals surface area contributed by atoms with Gasteiger partial charge in [-0.1, -0.05) is 12.1 Å². The summed E-state index contributed by atoms with van der Waals surface area (Å²) in [5, 5.41) is 0. The summed E-state index contributed by atoms with van der Waals surface area (Å²) in [4.78, 5) is 0. The predicted molar refractivity (Wildman–Crippen MR) is 67.8 cm³/mol. The zero-order valence-electron chi connectivity index (χ0n) is 10.3. The van der Waals surface area contributed by atoms with Crippen molar-refractivity contribution >= 4 is 11.8 Å². The lowest BCUT2D eigenvalue weighted by Gasteiger charge is -2.14.